The van der Waals surface area contributed by atoms with Gasteiger partial charge in [-0.3, -0.25) is 9.59 Å². The Kier molecular flexibility index (Phi) is 8.57. The lowest BCUT2D eigenvalue weighted by Crippen LogP contribution is -2.33. The summed E-state index contributed by atoms with van der Waals surface area (Å²) in [5.74, 6) is -0.236. The van der Waals surface area contributed by atoms with Gasteiger partial charge in [0, 0.05) is 6.54 Å². The molecule has 3 aromatic rings. The molecule has 37 heavy (non-hydrogen) atoms. The molecule has 1 heterocycles. The number of allylic oxidation sites excluding steroid dienone is 1. The van der Waals surface area contributed by atoms with Crippen LogP contribution in [0.3, 0.4) is 0 Å². The highest BCUT2D eigenvalue weighted by Crippen LogP contribution is 2.39. The zero-order valence-electron chi connectivity index (χ0n) is 21.3. The van der Waals surface area contributed by atoms with Gasteiger partial charge >= 0.3 is 0 Å². The molecule has 1 atom stereocenters. The number of rotatable bonds is 11. The van der Waals surface area contributed by atoms with Crippen LogP contribution in [0.2, 0.25) is 0 Å². The van der Waals surface area contributed by atoms with E-state index in [0.717, 1.165) is 23.1 Å². The number of hydrogen-bond acceptors (Lipinski definition) is 4. The van der Waals surface area contributed by atoms with Crippen molar-refractivity contribution in [2.45, 2.75) is 32.7 Å². The first-order chi connectivity index (χ1) is 17.9. The van der Waals surface area contributed by atoms with Gasteiger partial charge in [0.05, 0.1) is 18.2 Å². The number of hydrogen-bond donors (Lipinski definition) is 1. The number of amides is 1. The Morgan fingerprint density at radius 2 is 1.70 bits per heavy atom. The Morgan fingerprint density at radius 1 is 1.00 bits per heavy atom. The van der Waals surface area contributed by atoms with E-state index < -0.39 is 23.5 Å². The van der Waals surface area contributed by atoms with Gasteiger partial charge < -0.3 is 14.7 Å². The molecule has 0 saturated carbocycles. The third kappa shape index (κ3) is 6.56. The fourth-order valence-electron chi connectivity index (χ4n) is 4.39. The second-order valence-corrected chi connectivity index (χ2v) is 9.61. The molecule has 1 unspecified atom stereocenters. The Morgan fingerprint density at radius 3 is 2.41 bits per heavy atom. The summed E-state index contributed by atoms with van der Waals surface area (Å²) in [6.45, 7) is 5.22. The molecule has 1 amide bonds. The predicted molar refractivity (Wildman–Crippen MR) is 146 cm³/mol. The number of carbonyl (C=O) groups excluding carboxylic acids is 2. The lowest BCUT2D eigenvalue weighted by molar-refractivity contribution is -0.129. The summed E-state index contributed by atoms with van der Waals surface area (Å²) < 4.78 is 5.96. The second-order valence-electron chi connectivity index (χ2n) is 9.61. The maximum atomic E-state index is 13.4. The first-order valence-electron chi connectivity index (χ1n) is 12.7. The fourth-order valence-corrected chi connectivity index (χ4v) is 4.39. The van der Waals surface area contributed by atoms with Gasteiger partial charge in [-0.2, -0.15) is 0 Å². The molecule has 5 nitrogen and oxygen atoms in total. The molecule has 1 aliphatic rings. The normalized spacial score (nSPS) is 15.7. The number of benzene rings is 3. The molecule has 0 aromatic heterocycles. The Hall–Kier alpha value is -4.12. The molecule has 4 rings (SSSR count). The lowest BCUT2D eigenvalue weighted by atomic mass is 9.95. The van der Waals surface area contributed by atoms with Crippen molar-refractivity contribution in [3.05, 3.63) is 119 Å². The van der Waals surface area contributed by atoms with E-state index in [1.54, 1.807) is 11.0 Å². The largest absolute Gasteiger partial charge is 0.503 e. The Bertz CT molecular complexity index is 1280. The molecule has 1 aliphatic heterocycles. The highest BCUT2D eigenvalue weighted by Gasteiger charge is 2.42. The summed E-state index contributed by atoms with van der Waals surface area (Å²) in [7, 11) is 0. The molecule has 1 N–H and O–H groups in total. The second kappa shape index (κ2) is 12.2. The smallest absolute Gasteiger partial charge is 0.290 e. The van der Waals surface area contributed by atoms with E-state index in [2.05, 4.69) is 13.8 Å². The van der Waals surface area contributed by atoms with Crippen LogP contribution in [-0.2, 0) is 16.0 Å². The van der Waals surface area contributed by atoms with Crippen molar-refractivity contribution >= 4 is 17.8 Å². The van der Waals surface area contributed by atoms with Gasteiger partial charge in [0.15, 0.2) is 11.5 Å². The van der Waals surface area contributed by atoms with Crippen LogP contribution in [0.15, 0.2) is 102 Å². The summed E-state index contributed by atoms with van der Waals surface area (Å²) in [6, 6.07) is 26.1. The third-order valence-corrected chi connectivity index (χ3v) is 6.42. The van der Waals surface area contributed by atoms with Crippen LogP contribution in [0.4, 0.5) is 0 Å². The molecule has 5 heteroatoms. The molecule has 190 valence electrons. The minimum atomic E-state index is -0.710. The third-order valence-electron chi connectivity index (χ3n) is 6.42. The Balaban J connectivity index is 1.65. The molecular formula is C32H33NO4. The number of nitrogens with zero attached hydrogens (tertiary/aromatic N) is 1. The summed E-state index contributed by atoms with van der Waals surface area (Å²) in [4.78, 5) is 28.2. The van der Waals surface area contributed by atoms with Crippen LogP contribution in [-0.4, -0.2) is 34.8 Å². The predicted octanol–water partition coefficient (Wildman–Crippen LogP) is 6.33. The van der Waals surface area contributed by atoms with Crippen LogP contribution in [0.5, 0.6) is 5.75 Å². The van der Waals surface area contributed by atoms with Gasteiger partial charge in [-0.1, -0.05) is 92.7 Å². The van der Waals surface area contributed by atoms with E-state index in [4.69, 9.17) is 4.74 Å². The molecule has 0 spiro atoms. The van der Waals surface area contributed by atoms with Crippen LogP contribution in [0.25, 0.3) is 6.08 Å². The standard InChI is InChI=1S/C32H33NO4/c1-23(2)19-21-37-27-15-9-14-26(22-27)30-29(28(34)17-16-24-10-5-3-6-11-24)31(35)32(36)33(30)20-18-25-12-7-4-8-13-25/h3-17,22-23,30,35H,18-21H2,1-2H3. The minimum Gasteiger partial charge on any atom is -0.503 e. The van der Waals surface area contributed by atoms with E-state index in [9.17, 15) is 14.7 Å². The molecule has 0 fully saturated rings. The van der Waals surface area contributed by atoms with Gasteiger partial charge in [0.25, 0.3) is 5.91 Å². The summed E-state index contributed by atoms with van der Waals surface area (Å²) >= 11 is 0. The topological polar surface area (TPSA) is 66.8 Å². The van der Waals surface area contributed by atoms with E-state index >= 15 is 0 Å². The van der Waals surface area contributed by atoms with Gasteiger partial charge in [-0.05, 0) is 53.7 Å². The SMILES string of the molecule is CC(C)CCOc1cccc(C2C(C(=O)C=Cc3ccccc3)=C(O)C(=O)N2CCc2ccccc2)c1. The fraction of sp³-hybridized carbons (Fsp3) is 0.250. The number of aliphatic hydroxyl groups is 1. The van der Waals surface area contributed by atoms with Crippen molar-refractivity contribution in [1.82, 2.24) is 4.90 Å². The summed E-state index contributed by atoms with van der Waals surface area (Å²) in [6.07, 6.45) is 4.64. The van der Waals surface area contributed by atoms with Crippen LogP contribution in [0, 0.1) is 5.92 Å². The zero-order valence-corrected chi connectivity index (χ0v) is 21.3. The first kappa shape index (κ1) is 26.0. The lowest BCUT2D eigenvalue weighted by Gasteiger charge is -2.27. The van der Waals surface area contributed by atoms with Crippen molar-refractivity contribution in [3.63, 3.8) is 0 Å². The maximum absolute atomic E-state index is 13.4. The quantitative estimate of drug-likeness (QED) is 0.316. The van der Waals surface area contributed by atoms with E-state index in [1.807, 2.05) is 84.9 Å². The van der Waals surface area contributed by atoms with Crippen LogP contribution >= 0.6 is 0 Å². The van der Waals surface area contributed by atoms with Crippen LogP contribution in [0.1, 0.15) is 43.0 Å². The van der Waals surface area contributed by atoms with Gasteiger partial charge in [0.2, 0.25) is 0 Å². The van der Waals surface area contributed by atoms with Gasteiger partial charge in [0.1, 0.15) is 5.75 Å². The summed E-state index contributed by atoms with van der Waals surface area (Å²) in [5, 5.41) is 10.9. The zero-order chi connectivity index (χ0) is 26.2. The first-order valence-corrected chi connectivity index (χ1v) is 12.7. The van der Waals surface area contributed by atoms with Gasteiger partial charge in [-0.15, -0.1) is 0 Å². The molecule has 3 aromatic carbocycles. The van der Waals surface area contributed by atoms with Gasteiger partial charge in [-0.25, -0.2) is 0 Å². The monoisotopic (exact) mass is 495 g/mol. The minimum absolute atomic E-state index is 0.0876. The highest BCUT2D eigenvalue weighted by molar-refractivity contribution is 6.14. The van der Waals surface area contributed by atoms with E-state index in [0.29, 0.717) is 31.2 Å². The van der Waals surface area contributed by atoms with Crippen molar-refractivity contribution < 1.29 is 19.4 Å². The number of aliphatic hydroxyl groups excluding tert-OH is 1. The number of ether oxygens (including phenoxy) is 1. The van der Waals surface area contributed by atoms with Crippen LogP contribution < -0.4 is 4.74 Å². The van der Waals surface area contributed by atoms with E-state index in [1.165, 1.54) is 6.08 Å². The average molecular weight is 496 g/mol. The maximum Gasteiger partial charge on any atom is 0.290 e. The molecule has 0 bridgehead atoms. The number of ketones is 1. The molecule has 0 aliphatic carbocycles. The van der Waals surface area contributed by atoms with Crippen molar-refractivity contribution in [2.75, 3.05) is 13.2 Å². The molecule has 0 saturated heterocycles. The van der Waals surface area contributed by atoms with Crippen molar-refractivity contribution in [3.8, 4) is 5.75 Å². The average Bonchev–Trinajstić information content (AvgIpc) is 3.17. The van der Waals surface area contributed by atoms with Crippen molar-refractivity contribution in [1.29, 1.82) is 0 Å². The molecule has 0 radical (unpaired) electrons. The number of carbonyl (C=O) groups is 2. The Labute approximate surface area is 218 Å². The van der Waals surface area contributed by atoms with E-state index in [-0.39, 0.29) is 5.57 Å². The molecular weight excluding hydrogens is 462 g/mol. The van der Waals surface area contributed by atoms with Crippen molar-refractivity contribution in [2.24, 2.45) is 5.92 Å². The summed E-state index contributed by atoms with van der Waals surface area (Å²) in [5.41, 5.74) is 2.75. The highest BCUT2D eigenvalue weighted by atomic mass is 16.5.